The lowest BCUT2D eigenvalue weighted by Gasteiger charge is -2.32. The first-order valence-corrected chi connectivity index (χ1v) is 10.6. The molecule has 1 N–H and O–H groups in total. The molecule has 0 bridgehead atoms. The highest BCUT2D eigenvalue weighted by atomic mass is 16.1. The summed E-state index contributed by atoms with van der Waals surface area (Å²) in [5.74, 6) is 2.26. The molecule has 0 radical (unpaired) electrons. The Bertz CT molecular complexity index is 981. The monoisotopic (exact) mass is 403 g/mol. The van der Waals surface area contributed by atoms with Crippen molar-refractivity contribution >= 4 is 5.91 Å². The largest absolute Gasteiger partial charge is 0.352 e. The minimum atomic E-state index is -0.00402. The molecule has 2 heterocycles. The normalized spacial score (nSPS) is 17.1. The number of nitrogens with zero attached hydrogens (tertiary/aromatic N) is 4. The second-order valence-electron chi connectivity index (χ2n) is 8.10. The summed E-state index contributed by atoms with van der Waals surface area (Å²) in [5.41, 5.74) is 2.98. The number of aromatic nitrogens is 3. The van der Waals surface area contributed by atoms with E-state index in [2.05, 4.69) is 32.4 Å². The molecule has 1 amide bonds. The molecule has 30 heavy (non-hydrogen) atoms. The number of amides is 1. The molecule has 0 spiro atoms. The summed E-state index contributed by atoms with van der Waals surface area (Å²) in [6, 6.07) is 18.0. The van der Waals surface area contributed by atoms with Crippen molar-refractivity contribution in [1.29, 1.82) is 0 Å². The van der Waals surface area contributed by atoms with Crippen LogP contribution in [0.1, 0.15) is 34.8 Å². The fourth-order valence-electron chi connectivity index (χ4n) is 4.14. The Morgan fingerprint density at radius 3 is 2.53 bits per heavy atom. The van der Waals surface area contributed by atoms with Gasteiger partial charge in [-0.05, 0) is 55.5 Å². The van der Waals surface area contributed by atoms with Gasteiger partial charge in [-0.2, -0.15) is 5.10 Å². The number of hydrogen-bond acceptors (Lipinski definition) is 4. The molecule has 1 aromatic heterocycles. The number of carbonyl (C=O) groups is 1. The molecular formula is C24H29N5O. The topological polar surface area (TPSA) is 63.1 Å². The van der Waals surface area contributed by atoms with E-state index in [4.69, 9.17) is 0 Å². The summed E-state index contributed by atoms with van der Waals surface area (Å²) in [6.07, 6.45) is 2.28. The van der Waals surface area contributed by atoms with Crippen molar-refractivity contribution in [3.8, 4) is 11.1 Å². The van der Waals surface area contributed by atoms with Crippen molar-refractivity contribution in [1.82, 2.24) is 25.0 Å². The zero-order valence-corrected chi connectivity index (χ0v) is 17.7. The second-order valence-corrected chi connectivity index (χ2v) is 8.10. The maximum atomic E-state index is 12.6. The van der Waals surface area contributed by atoms with Gasteiger partial charge in [-0.25, -0.2) is 4.98 Å². The van der Waals surface area contributed by atoms with Gasteiger partial charge in [0.15, 0.2) is 0 Å². The van der Waals surface area contributed by atoms with Crippen LogP contribution in [-0.2, 0) is 13.6 Å². The quantitative estimate of drug-likeness (QED) is 0.685. The SMILES string of the molecule is Cc1nc(CN2CCC[C@@H](CNC(=O)c3ccc(-c4ccccc4)cc3)C2)n(C)n1. The molecule has 3 aromatic rings. The number of hydrogen-bond donors (Lipinski definition) is 1. The molecule has 1 saturated heterocycles. The zero-order valence-electron chi connectivity index (χ0n) is 17.7. The number of piperidine rings is 1. The molecule has 1 aliphatic heterocycles. The van der Waals surface area contributed by atoms with Gasteiger partial charge in [0, 0.05) is 25.7 Å². The number of rotatable bonds is 6. The van der Waals surface area contributed by atoms with Gasteiger partial charge in [-0.3, -0.25) is 14.4 Å². The summed E-state index contributed by atoms with van der Waals surface area (Å²) in [7, 11) is 1.94. The number of nitrogens with one attached hydrogen (secondary N) is 1. The minimum Gasteiger partial charge on any atom is -0.352 e. The highest BCUT2D eigenvalue weighted by Crippen LogP contribution is 2.20. The van der Waals surface area contributed by atoms with Gasteiger partial charge in [0.2, 0.25) is 0 Å². The summed E-state index contributed by atoms with van der Waals surface area (Å²) in [4.78, 5) is 19.5. The zero-order chi connectivity index (χ0) is 20.9. The molecule has 6 heteroatoms. The predicted molar refractivity (Wildman–Crippen MR) is 118 cm³/mol. The van der Waals surface area contributed by atoms with Crippen molar-refractivity contribution < 1.29 is 4.79 Å². The van der Waals surface area contributed by atoms with Crippen LogP contribution in [0.25, 0.3) is 11.1 Å². The second kappa shape index (κ2) is 9.22. The maximum Gasteiger partial charge on any atom is 0.251 e. The Balaban J connectivity index is 1.29. The van der Waals surface area contributed by atoms with E-state index >= 15 is 0 Å². The van der Waals surface area contributed by atoms with Crippen molar-refractivity contribution in [2.45, 2.75) is 26.3 Å². The molecular weight excluding hydrogens is 374 g/mol. The molecule has 1 aliphatic rings. The number of carbonyl (C=O) groups excluding carboxylic acids is 1. The first-order valence-electron chi connectivity index (χ1n) is 10.6. The number of aryl methyl sites for hydroxylation is 2. The van der Waals surface area contributed by atoms with Crippen LogP contribution in [0.4, 0.5) is 0 Å². The molecule has 6 nitrogen and oxygen atoms in total. The van der Waals surface area contributed by atoms with Crippen LogP contribution < -0.4 is 5.32 Å². The third-order valence-corrected chi connectivity index (χ3v) is 5.73. The highest BCUT2D eigenvalue weighted by molar-refractivity contribution is 5.94. The molecule has 0 unspecified atom stereocenters. The Morgan fingerprint density at radius 1 is 1.10 bits per heavy atom. The first-order chi connectivity index (χ1) is 14.6. The van der Waals surface area contributed by atoms with E-state index in [0.29, 0.717) is 18.0 Å². The molecule has 0 aliphatic carbocycles. The van der Waals surface area contributed by atoms with Crippen molar-refractivity contribution in [2.24, 2.45) is 13.0 Å². The smallest absolute Gasteiger partial charge is 0.251 e. The van der Waals surface area contributed by atoms with Crippen molar-refractivity contribution in [3.05, 3.63) is 71.8 Å². The van der Waals surface area contributed by atoms with Gasteiger partial charge < -0.3 is 5.32 Å². The molecule has 0 saturated carbocycles. The number of likely N-dealkylation sites (tertiary alicyclic amines) is 1. The van der Waals surface area contributed by atoms with Crippen molar-refractivity contribution in [2.75, 3.05) is 19.6 Å². The van der Waals surface area contributed by atoms with Gasteiger partial charge in [0.05, 0.1) is 6.54 Å². The standard InChI is InChI=1S/C24H29N5O/c1-18-26-23(28(2)27-18)17-29-14-6-7-19(16-29)15-25-24(30)22-12-10-21(11-13-22)20-8-4-3-5-9-20/h3-5,8-13,19H,6-7,14-17H2,1-2H3,(H,25,30)/t19-/m0/s1. The van der Waals surface area contributed by atoms with Crippen molar-refractivity contribution in [3.63, 3.8) is 0 Å². The van der Waals surface area contributed by atoms with Crippen LogP contribution >= 0.6 is 0 Å². The van der Waals surface area contributed by atoms with Crippen LogP contribution in [0.15, 0.2) is 54.6 Å². The van der Waals surface area contributed by atoms with Gasteiger partial charge in [0.25, 0.3) is 5.91 Å². The van der Waals surface area contributed by atoms with E-state index < -0.39 is 0 Å². The highest BCUT2D eigenvalue weighted by Gasteiger charge is 2.22. The van der Waals surface area contributed by atoms with Crippen LogP contribution in [0.2, 0.25) is 0 Å². The van der Waals surface area contributed by atoms with Gasteiger partial charge in [0.1, 0.15) is 11.6 Å². The Morgan fingerprint density at radius 2 is 1.83 bits per heavy atom. The lowest BCUT2D eigenvalue weighted by atomic mass is 9.97. The summed E-state index contributed by atoms with van der Waals surface area (Å²) in [5, 5.41) is 7.47. The van der Waals surface area contributed by atoms with Gasteiger partial charge in [-0.1, -0.05) is 42.5 Å². The van der Waals surface area contributed by atoms with E-state index in [9.17, 15) is 4.79 Å². The molecule has 1 fully saturated rings. The Kier molecular flexibility index (Phi) is 6.23. The van der Waals surface area contributed by atoms with E-state index in [1.54, 1.807) is 0 Å². The van der Waals surface area contributed by atoms with Gasteiger partial charge >= 0.3 is 0 Å². The average Bonchev–Trinajstić information content (AvgIpc) is 3.09. The van der Waals surface area contributed by atoms with E-state index in [1.807, 2.05) is 61.1 Å². The fourth-order valence-corrected chi connectivity index (χ4v) is 4.14. The van der Waals surface area contributed by atoms with Crippen LogP contribution in [0, 0.1) is 12.8 Å². The van der Waals surface area contributed by atoms with E-state index in [0.717, 1.165) is 55.3 Å². The van der Waals surface area contributed by atoms with E-state index in [-0.39, 0.29) is 5.91 Å². The molecule has 156 valence electrons. The summed E-state index contributed by atoms with van der Waals surface area (Å²) >= 11 is 0. The molecule has 2 aromatic carbocycles. The Labute approximate surface area is 177 Å². The van der Waals surface area contributed by atoms with E-state index in [1.165, 1.54) is 0 Å². The summed E-state index contributed by atoms with van der Waals surface area (Å²) in [6.45, 7) is 5.47. The van der Waals surface area contributed by atoms with Crippen LogP contribution in [0.5, 0.6) is 0 Å². The fraction of sp³-hybridized carbons (Fsp3) is 0.375. The van der Waals surface area contributed by atoms with Gasteiger partial charge in [-0.15, -0.1) is 0 Å². The lowest BCUT2D eigenvalue weighted by Crippen LogP contribution is -2.41. The molecule has 4 rings (SSSR count). The predicted octanol–water partition coefficient (Wildman–Crippen LogP) is 3.43. The number of benzene rings is 2. The maximum absolute atomic E-state index is 12.6. The summed E-state index contributed by atoms with van der Waals surface area (Å²) < 4.78 is 1.86. The van der Waals surface area contributed by atoms with Crippen LogP contribution in [-0.4, -0.2) is 45.2 Å². The average molecular weight is 404 g/mol. The van der Waals surface area contributed by atoms with Crippen LogP contribution in [0.3, 0.4) is 0 Å². The molecule has 1 atom stereocenters. The lowest BCUT2D eigenvalue weighted by molar-refractivity contribution is 0.0929. The third-order valence-electron chi connectivity index (χ3n) is 5.73. The first kappa shape index (κ1) is 20.3. The Hall–Kier alpha value is -2.99. The third kappa shape index (κ3) is 4.94. The minimum absolute atomic E-state index is 0.00402.